The molecule has 0 aliphatic rings. The third kappa shape index (κ3) is 4.59. The van der Waals surface area contributed by atoms with E-state index in [-0.39, 0.29) is 0 Å². The average Bonchev–Trinajstić information content (AvgIpc) is 2.34. The van der Waals surface area contributed by atoms with Crippen molar-refractivity contribution in [1.82, 2.24) is 4.98 Å². The quantitative estimate of drug-likeness (QED) is 0.446. The molecular formula is C14H21BrClN. The van der Waals surface area contributed by atoms with Crippen LogP contribution in [-0.4, -0.2) is 4.98 Å². The van der Waals surface area contributed by atoms with Gasteiger partial charge in [-0.1, -0.05) is 51.1 Å². The summed E-state index contributed by atoms with van der Waals surface area (Å²) >= 11 is 9.59. The second kappa shape index (κ2) is 8.10. The molecule has 0 saturated heterocycles. The number of aromatic nitrogens is 1. The van der Waals surface area contributed by atoms with Crippen molar-refractivity contribution in [3.8, 4) is 0 Å². The molecule has 1 aromatic heterocycles. The van der Waals surface area contributed by atoms with E-state index in [1.165, 1.54) is 37.7 Å². The Hall–Kier alpha value is -0.0800. The van der Waals surface area contributed by atoms with E-state index in [4.69, 9.17) is 11.6 Å². The van der Waals surface area contributed by atoms with Crippen molar-refractivity contribution in [3.05, 3.63) is 27.5 Å². The molecule has 1 atom stereocenters. The Labute approximate surface area is 118 Å². The number of hydrogen-bond acceptors (Lipinski definition) is 1. The first-order valence-corrected chi connectivity index (χ1v) is 7.67. The Morgan fingerprint density at radius 3 is 2.71 bits per heavy atom. The van der Waals surface area contributed by atoms with Crippen molar-refractivity contribution in [1.29, 1.82) is 0 Å². The summed E-state index contributed by atoms with van der Waals surface area (Å²) in [7, 11) is 0. The molecule has 3 heteroatoms. The van der Waals surface area contributed by atoms with Crippen LogP contribution in [0, 0.1) is 0 Å². The Balaban J connectivity index is 2.63. The van der Waals surface area contributed by atoms with Gasteiger partial charge in [-0.05, 0) is 46.3 Å². The van der Waals surface area contributed by atoms with Crippen LogP contribution in [0.25, 0.3) is 0 Å². The Morgan fingerprint density at radius 2 is 2.06 bits per heavy atom. The molecule has 1 rings (SSSR count). The molecular weight excluding hydrogens is 298 g/mol. The van der Waals surface area contributed by atoms with E-state index in [0.29, 0.717) is 11.1 Å². The molecule has 1 aromatic rings. The predicted molar refractivity (Wildman–Crippen MR) is 78.7 cm³/mol. The van der Waals surface area contributed by atoms with Crippen molar-refractivity contribution in [2.75, 3.05) is 0 Å². The average molecular weight is 319 g/mol. The normalized spacial score (nSPS) is 12.7. The fraction of sp³-hybridized carbons (Fsp3) is 0.643. The number of halogens is 2. The van der Waals surface area contributed by atoms with Gasteiger partial charge in [0.05, 0.1) is 4.47 Å². The van der Waals surface area contributed by atoms with E-state index in [2.05, 4.69) is 40.8 Å². The lowest BCUT2D eigenvalue weighted by Gasteiger charge is -2.17. The van der Waals surface area contributed by atoms with Crippen molar-refractivity contribution in [2.24, 2.45) is 0 Å². The SMILES string of the molecule is CCCCCCC(CC)c1ccnc(Cl)c1Br. The molecule has 0 aliphatic carbocycles. The smallest absolute Gasteiger partial charge is 0.143 e. The number of nitrogens with zero attached hydrogens (tertiary/aromatic N) is 1. The molecule has 0 amide bonds. The minimum absolute atomic E-state index is 0.578. The molecule has 1 nitrogen and oxygen atoms in total. The highest BCUT2D eigenvalue weighted by Crippen LogP contribution is 2.34. The van der Waals surface area contributed by atoms with Gasteiger partial charge < -0.3 is 0 Å². The molecule has 17 heavy (non-hydrogen) atoms. The summed E-state index contributed by atoms with van der Waals surface area (Å²) < 4.78 is 0.976. The molecule has 0 spiro atoms. The maximum atomic E-state index is 6.04. The van der Waals surface area contributed by atoms with Gasteiger partial charge in [0.15, 0.2) is 0 Å². The third-order valence-electron chi connectivity index (χ3n) is 3.22. The van der Waals surface area contributed by atoms with E-state index in [1.807, 2.05) is 0 Å². The van der Waals surface area contributed by atoms with Gasteiger partial charge >= 0.3 is 0 Å². The van der Waals surface area contributed by atoms with E-state index < -0.39 is 0 Å². The van der Waals surface area contributed by atoms with Crippen LogP contribution in [-0.2, 0) is 0 Å². The minimum atomic E-state index is 0.578. The van der Waals surface area contributed by atoms with Gasteiger partial charge in [0.1, 0.15) is 5.15 Å². The lowest BCUT2D eigenvalue weighted by Crippen LogP contribution is -2.00. The zero-order chi connectivity index (χ0) is 12.7. The summed E-state index contributed by atoms with van der Waals surface area (Å²) in [5.74, 6) is 0.599. The van der Waals surface area contributed by atoms with Gasteiger partial charge in [0.2, 0.25) is 0 Å². The minimum Gasteiger partial charge on any atom is -0.243 e. The fourth-order valence-corrected chi connectivity index (χ4v) is 2.87. The Kier molecular flexibility index (Phi) is 7.14. The molecule has 0 saturated carbocycles. The second-order valence-corrected chi connectivity index (χ2v) is 5.61. The molecule has 0 aliphatic heterocycles. The van der Waals surface area contributed by atoms with Crippen LogP contribution in [0.4, 0.5) is 0 Å². The molecule has 0 aromatic carbocycles. The number of pyridine rings is 1. The number of hydrogen-bond donors (Lipinski definition) is 0. The number of rotatable bonds is 7. The first kappa shape index (κ1) is 15.0. The second-order valence-electron chi connectivity index (χ2n) is 4.46. The van der Waals surface area contributed by atoms with Crippen molar-refractivity contribution in [3.63, 3.8) is 0 Å². The van der Waals surface area contributed by atoms with Crippen molar-refractivity contribution in [2.45, 2.75) is 58.3 Å². The maximum Gasteiger partial charge on any atom is 0.143 e. The Morgan fingerprint density at radius 1 is 1.29 bits per heavy atom. The van der Waals surface area contributed by atoms with Gasteiger partial charge in [-0.15, -0.1) is 0 Å². The summed E-state index contributed by atoms with van der Waals surface area (Å²) in [4.78, 5) is 4.08. The van der Waals surface area contributed by atoms with Crippen molar-refractivity contribution >= 4 is 27.5 Å². The van der Waals surface area contributed by atoms with E-state index in [9.17, 15) is 0 Å². The summed E-state index contributed by atoms with van der Waals surface area (Å²) in [6, 6.07) is 2.09. The van der Waals surface area contributed by atoms with Gasteiger partial charge in [-0.3, -0.25) is 0 Å². The molecule has 0 radical (unpaired) electrons. The summed E-state index contributed by atoms with van der Waals surface area (Å²) in [6.45, 7) is 4.49. The molecule has 0 fully saturated rings. The predicted octanol–water partition coefficient (Wildman–Crippen LogP) is 5.96. The van der Waals surface area contributed by atoms with Gasteiger partial charge in [0.25, 0.3) is 0 Å². The fourth-order valence-electron chi connectivity index (χ4n) is 2.14. The van der Waals surface area contributed by atoms with E-state index in [0.717, 1.165) is 10.9 Å². The van der Waals surface area contributed by atoms with Crippen LogP contribution in [0.3, 0.4) is 0 Å². The van der Waals surface area contributed by atoms with Crippen LogP contribution in [0.1, 0.15) is 63.9 Å². The summed E-state index contributed by atoms with van der Waals surface area (Å²) in [5.41, 5.74) is 1.31. The highest BCUT2D eigenvalue weighted by atomic mass is 79.9. The molecule has 1 heterocycles. The first-order chi connectivity index (χ1) is 8.20. The summed E-state index contributed by atoms with van der Waals surface area (Å²) in [6.07, 6.45) is 9.48. The lowest BCUT2D eigenvalue weighted by molar-refractivity contribution is 0.541. The third-order valence-corrected chi connectivity index (χ3v) is 4.56. The topological polar surface area (TPSA) is 12.9 Å². The highest BCUT2D eigenvalue weighted by molar-refractivity contribution is 9.10. The van der Waals surface area contributed by atoms with Crippen LogP contribution < -0.4 is 0 Å². The molecule has 0 N–H and O–H groups in total. The van der Waals surface area contributed by atoms with Crippen molar-refractivity contribution < 1.29 is 0 Å². The highest BCUT2D eigenvalue weighted by Gasteiger charge is 2.14. The Bertz CT molecular complexity index is 341. The zero-order valence-corrected chi connectivity index (χ0v) is 13.0. The van der Waals surface area contributed by atoms with E-state index >= 15 is 0 Å². The van der Waals surface area contributed by atoms with Crippen LogP contribution in [0.15, 0.2) is 16.7 Å². The van der Waals surface area contributed by atoms with Gasteiger partial charge in [-0.2, -0.15) is 0 Å². The largest absolute Gasteiger partial charge is 0.243 e. The van der Waals surface area contributed by atoms with Crippen LogP contribution in [0.2, 0.25) is 5.15 Å². The molecule has 96 valence electrons. The van der Waals surface area contributed by atoms with Gasteiger partial charge in [0, 0.05) is 6.20 Å². The first-order valence-electron chi connectivity index (χ1n) is 6.50. The molecule has 0 bridgehead atoms. The van der Waals surface area contributed by atoms with E-state index in [1.54, 1.807) is 6.20 Å². The van der Waals surface area contributed by atoms with Crippen LogP contribution >= 0.6 is 27.5 Å². The van der Waals surface area contributed by atoms with Crippen LogP contribution in [0.5, 0.6) is 0 Å². The van der Waals surface area contributed by atoms with Gasteiger partial charge in [-0.25, -0.2) is 4.98 Å². The maximum absolute atomic E-state index is 6.04. The monoisotopic (exact) mass is 317 g/mol. The lowest BCUT2D eigenvalue weighted by atomic mass is 9.91. The number of unbranched alkanes of at least 4 members (excludes halogenated alkanes) is 3. The molecule has 1 unspecified atom stereocenters. The standard InChI is InChI=1S/C14H21BrClN/c1-3-5-6-7-8-11(4-2)12-9-10-17-14(16)13(12)15/h9-11H,3-8H2,1-2H3. The zero-order valence-electron chi connectivity index (χ0n) is 10.7. The summed E-state index contributed by atoms with van der Waals surface area (Å²) in [5, 5.41) is 0.578.